The first kappa shape index (κ1) is 24.1. The molecule has 1 fully saturated rings. The van der Waals surface area contributed by atoms with E-state index in [2.05, 4.69) is 25.0 Å². The van der Waals surface area contributed by atoms with E-state index < -0.39 is 15.4 Å². The molecule has 0 spiro atoms. The molecule has 0 radical (unpaired) electrons. The summed E-state index contributed by atoms with van der Waals surface area (Å²) in [4.78, 5) is 24.9. The molecule has 11 heteroatoms. The van der Waals surface area contributed by atoms with Crippen LogP contribution in [0.15, 0.2) is 78.1 Å². The second-order valence-electron chi connectivity index (χ2n) is 9.25. The molecule has 10 nitrogen and oxygen atoms in total. The minimum absolute atomic E-state index is 0.122. The average Bonchev–Trinajstić information content (AvgIpc) is 3.33. The number of H-pyrrole nitrogens is 1. The van der Waals surface area contributed by atoms with Crippen molar-refractivity contribution < 1.29 is 22.7 Å². The number of carbonyl (C=O) groups excluding carboxylic acids is 1. The summed E-state index contributed by atoms with van der Waals surface area (Å²) >= 11 is 0. The van der Waals surface area contributed by atoms with Gasteiger partial charge >= 0.3 is 0 Å². The summed E-state index contributed by atoms with van der Waals surface area (Å²) in [5.74, 6) is 1.64. The third kappa shape index (κ3) is 4.73. The molecule has 2 aliphatic rings. The summed E-state index contributed by atoms with van der Waals surface area (Å²) in [5, 5.41) is 2.96. The molecule has 1 aliphatic heterocycles. The molecule has 0 bridgehead atoms. The summed E-state index contributed by atoms with van der Waals surface area (Å²) in [6.45, 7) is 0.427. The van der Waals surface area contributed by atoms with Gasteiger partial charge in [0.2, 0.25) is 22.7 Å². The van der Waals surface area contributed by atoms with Crippen molar-refractivity contribution in [1.29, 1.82) is 0 Å². The highest BCUT2D eigenvalue weighted by atomic mass is 32.2. The first-order chi connectivity index (χ1) is 18.4. The number of anilines is 1. The molecule has 3 heterocycles. The van der Waals surface area contributed by atoms with Gasteiger partial charge in [-0.15, -0.1) is 0 Å². The van der Waals surface area contributed by atoms with Gasteiger partial charge in [0.05, 0.1) is 28.0 Å². The number of aromatic amines is 1. The molecule has 4 aromatic rings. The zero-order chi connectivity index (χ0) is 26.2. The number of imidazole rings is 1. The van der Waals surface area contributed by atoms with Crippen molar-refractivity contribution in [3.05, 3.63) is 84.4 Å². The Bertz CT molecular complexity index is 1580. The van der Waals surface area contributed by atoms with Crippen LogP contribution in [0.1, 0.15) is 24.1 Å². The third-order valence-electron chi connectivity index (χ3n) is 6.79. The van der Waals surface area contributed by atoms with E-state index in [-0.39, 0.29) is 24.1 Å². The SMILES string of the molecule is O=C(Nc1cccc(-c2ccc(S(=O)(=O)NCCc3c[nH]cn3)cc2)n1)C1(c2ccc3c(c2)OCO3)CC1. The molecule has 3 N–H and O–H groups in total. The van der Waals surface area contributed by atoms with E-state index in [0.29, 0.717) is 29.4 Å². The molecule has 1 aliphatic carbocycles. The number of fused-ring (bicyclic) bond motifs is 1. The van der Waals surface area contributed by atoms with E-state index >= 15 is 0 Å². The van der Waals surface area contributed by atoms with Crippen molar-refractivity contribution in [2.75, 3.05) is 18.7 Å². The fourth-order valence-corrected chi connectivity index (χ4v) is 5.53. The maximum atomic E-state index is 13.3. The third-order valence-corrected chi connectivity index (χ3v) is 8.27. The maximum Gasteiger partial charge on any atom is 0.240 e. The highest BCUT2D eigenvalue weighted by Gasteiger charge is 2.51. The Labute approximate surface area is 219 Å². The predicted molar refractivity (Wildman–Crippen MR) is 139 cm³/mol. The van der Waals surface area contributed by atoms with E-state index in [1.54, 1.807) is 36.8 Å². The lowest BCUT2D eigenvalue weighted by atomic mass is 9.94. The molecular weight excluding hydrogens is 506 g/mol. The minimum Gasteiger partial charge on any atom is -0.454 e. The van der Waals surface area contributed by atoms with Gasteiger partial charge in [0, 0.05) is 24.7 Å². The molecule has 1 saturated carbocycles. The monoisotopic (exact) mass is 531 g/mol. The maximum absolute atomic E-state index is 13.3. The van der Waals surface area contributed by atoms with Crippen LogP contribution in [0.25, 0.3) is 11.3 Å². The van der Waals surface area contributed by atoms with Crippen LogP contribution in [0.3, 0.4) is 0 Å². The van der Waals surface area contributed by atoms with Crippen LogP contribution in [0, 0.1) is 0 Å². The Morgan fingerprint density at radius 1 is 1.03 bits per heavy atom. The summed E-state index contributed by atoms with van der Waals surface area (Å²) in [7, 11) is -3.66. The predicted octanol–water partition coefficient (Wildman–Crippen LogP) is 3.39. The highest BCUT2D eigenvalue weighted by Crippen LogP contribution is 2.51. The van der Waals surface area contributed by atoms with Crippen molar-refractivity contribution in [3.8, 4) is 22.8 Å². The molecule has 2 aromatic carbocycles. The lowest BCUT2D eigenvalue weighted by Crippen LogP contribution is -2.28. The Morgan fingerprint density at radius 2 is 1.84 bits per heavy atom. The zero-order valence-electron chi connectivity index (χ0n) is 20.3. The van der Waals surface area contributed by atoms with Crippen LogP contribution in [0.5, 0.6) is 11.5 Å². The molecule has 2 aromatic heterocycles. The van der Waals surface area contributed by atoms with Crippen LogP contribution in [-0.2, 0) is 26.7 Å². The minimum atomic E-state index is -3.66. The number of carbonyl (C=O) groups is 1. The van der Waals surface area contributed by atoms with E-state index in [0.717, 1.165) is 29.7 Å². The molecule has 0 saturated heterocycles. The number of rotatable bonds is 9. The first-order valence-electron chi connectivity index (χ1n) is 12.2. The van der Waals surface area contributed by atoms with E-state index in [1.807, 2.05) is 24.3 Å². The smallest absolute Gasteiger partial charge is 0.240 e. The van der Waals surface area contributed by atoms with Crippen LogP contribution in [0.4, 0.5) is 5.82 Å². The van der Waals surface area contributed by atoms with Gasteiger partial charge in [-0.3, -0.25) is 4.79 Å². The molecule has 194 valence electrons. The van der Waals surface area contributed by atoms with Gasteiger partial charge in [-0.05, 0) is 54.8 Å². The highest BCUT2D eigenvalue weighted by molar-refractivity contribution is 7.89. The van der Waals surface area contributed by atoms with Crippen LogP contribution in [-0.4, -0.2) is 42.6 Å². The second kappa shape index (κ2) is 9.58. The zero-order valence-corrected chi connectivity index (χ0v) is 21.1. The lowest BCUT2D eigenvalue weighted by Gasteiger charge is -2.16. The van der Waals surface area contributed by atoms with Gasteiger partial charge in [-0.25, -0.2) is 23.1 Å². The number of pyridine rings is 1. The van der Waals surface area contributed by atoms with Gasteiger partial charge in [0.25, 0.3) is 0 Å². The fraction of sp³-hybridized carbons (Fsp3) is 0.222. The molecule has 0 unspecified atom stereocenters. The summed E-state index contributed by atoms with van der Waals surface area (Å²) in [6, 6.07) is 17.4. The first-order valence-corrected chi connectivity index (χ1v) is 13.7. The summed E-state index contributed by atoms with van der Waals surface area (Å²) < 4.78 is 38.7. The Balaban J connectivity index is 1.13. The van der Waals surface area contributed by atoms with Crippen LogP contribution < -0.4 is 19.5 Å². The van der Waals surface area contributed by atoms with Crippen molar-refractivity contribution >= 4 is 21.7 Å². The van der Waals surface area contributed by atoms with E-state index in [1.165, 1.54) is 12.1 Å². The van der Waals surface area contributed by atoms with Gasteiger partial charge in [-0.2, -0.15) is 0 Å². The molecule has 0 atom stereocenters. The number of benzene rings is 2. The topological polar surface area (TPSA) is 135 Å². The Kier molecular flexibility index (Phi) is 6.09. The number of amides is 1. The lowest BCUT2D eigenvalue weighted by molar-refractivity contribution is -0.118. The molecular formula is C27H25N5O5S. The molecule has 6 rings (SSSR count). The van der Waals surface area contributed by atoms with Gasteiger partial charge in [0.15, 0.2) is 11.5 Å². The number of hydrogen-bond donors (Lipinski definition) is 3. The summed E-state index contributed by atoms with van der Waals surface area (Å²) in [6.07, 6.45) is 5.25. The fourth-order valence-electron chi connectivity index (χ4n) is 4.50. The number of aromatic nitrogens is 3. The van der Waals surface area contributed by atoms with Gasteiger partial charge in [0.1, 0.15) is 5.82 Å². The normalized spacial score (nSPS) is 15.3. The quantitative estimate of drug-likeness (QED) is 0.301. The van der Waals surface area contributed by atoms with Crippen molar-refractivity contribution in [2.45, 2.75) is 29.6 Å². The average molecular weight is 532 g/mol. The van der Waals surface area contributed by atoms with Crippen LogP contribution >= 0.6 is 0 Å². The Morgan fingerprint density at radius 3 is 2.61 bits per heavy atom. The largest absolute Gasteiger partial charge is 0.454 e. The van der Waals surface area contributed by atoms with Gasteiger partial charge < -0.3 is 19.8 Å². The molecule has 38 heavy (non-hydrogen) atoms. The number of nitrogens with zero attached hydrogens (tertiary/aromatic N) is 2. The van der Waals surface area contributed by atoms with E-state index in [4.69, 9.17) is 9.47 Å². The van der Waals surface area contributed by atoms with Crippen LogP contribution in [0.2, 0.25) is 0 Å². The van der Waals surface area contributed by atoms with Gasteiger partial charge in [-0.1, -0.05) is 24.3 Å². The van der Waals surface area contributed by atoms with Crippen molar-refractivity contribution in [2.24, 2.45) is 0 Å². The molecule has 1 amide bonds. The van der Waals surface area contributed by atoms with E-state index in [9.17, 15) is 13.2 Å². The van der Waals surface area contributed by atoms with Crippen molar-refractivity contribution in [3.63, 3.8) is 0 Å². The van der Waals surface area contributed by atoms with Crippen molar-refractivity contribution in [1.82, 2.24) is 19.7 Å². The summed E-state index contributed by atoms with van der Waals surface area (Å²) in [5.41, 5.74) is 2.41. The Hall–Kier alpha value is -4.22. The number of sulfonamides is 1. The number of ether oxygens (including phenoxy) is 2. The second-order valence-corrected chi connectivity index (χ2v) is 11.0. The number of hydrogen-bond acceptors (Lipinski definition) is 7. The standard InChI is InChI=1S/C27H25N5O5S/c33-26(27(11-12-27)19-6-9-23-24(14-19)37-17-36-23)32-25-3-1-2-22(31-25)18-4-7-21(8-5-18)38(34,35)30-13-10-20-15-28-16-29-20/h1-9,14-16,30H,10-13,17H2,(H,28,29)(H,31,32,33). The number of nitrogens with one attached hydrogen (secondary N) is 3.